The Morgan fingerprint density at radius 2 is 2.28 bits per heavy atom. The van der Waals surface area contributed by atoms with Gasteiger partial charge in [0.2, 0.25) is 0 Å². The summed E-state index contributed by atoms with van der Waals surface area (Å²) in [7, 11) is 1.95. The molecule has 0 fully saturated rings. The lowest BCUT2D eigenvalue weighted by Gasteiger charge is -2.13. The van der Waals surface area contributed by atoms with Crippen LogP contribution < -0.4 is 5.32 Å². The summed E-state index contributed by atoms with van der Waals surface area (Å²) in [6.07, 6.45) is 9.93. The fourth-order valence-corrected chi connectivity index (χ4v) is 1.92. The Bertz CT molecular complexity index is 446. The standard InChI is InChI=1S/C13H21N5/c1-12(5-9-18-8-3-6-15-18)14-7-4-13-10-16-17(2)11-13/h3,6,8,10-12,14H,4-5,7,9H2,1-2H3/t12-/m1/s1. The minimum Gasteiger partial charge on any atom is -0.314 e. The molecular weight excluding hydrogens is 226 g/mol. The smallest absolute Gasteiger partial charge is 0.0522 e. The van der Waals surface area contributed by atoms with Gasteiger partial charge >= 0.3 is 0 Å². The minimum atomic E-state index is 0.505. The summed E-state index contributed by atoms with van der Waals surface area (Å²) in [6.45, 7) is 4.17. The Morgan fingerprint density at radius 1 is 1.39 bits per heavy atom. The molecule has 0 saturated carbocycles. The molecular formula is C13H21N5. The van der Waals surface area contributed by atoms with Crippen molar-refractivity contribution in [2.75, 3.05) is 6.54 Å². The molecule has 0 aromatic carbocycles. The average molecular weight is 247 g/mol. The molecule has 0 bridgehead atoms. The van der Waals surface area contributed by atoms with Crippen LogP contribution in [0, 0.1) is 0 Å². The first-order valence-corrected chi connectivity index (χ1v) is 6.42. The molecule has 1 N–H and O–H groups in total. The van der Waals surface area contributed by atoms with E-state index in [-0.39, 0.29) is 0 Å². The third kappa shape index (κ3) is 4.00. The molecule has 5 nitrogen and oxygen atoms in total. The number of nitrogens with zero attached hydrogens (tertiary/aromatic N) is 4. The lowest BCUT2D eigenvalue weighted by Crippen LogP contribution is -2.29. The van der Waals surface area contributed by atoms with E-state index in [0.717, 1.165) is 25.9 Å². The van der Waals surface area contributed by atoms with E-state index in [9.17, 15) is 0 Å². The van der Waals surface area contributed by atoms with Crippen molar-refractivity contribution in [3.63, 3.8) is 0 Å². The highest BCUT2D eigenvalue weighted by molar-refractivity contribution is 5.03. The third-order valence-corrected chi connectivity index (χ3v) is 3.02. The molecule has 0 aliphatic carbocycles. The fraction of sp³-hybridized carbons (Fsp3) is 0.538. The molecule has 98 valence electrons. The van der Waals surface area contributed by atoms with E-state index in [1.54, 1.807) is 0 Å². The molecule has 0 saturated heterocycles. The van der Waals surface area contributed by atoms with Gasteiger partial charge in [0.25, 0.3) is 0 Å². The second kappa shape index (κ2) is 6.35. The van der Waals surface area contributed by atoms with Crippen LogP contribution in [0.25, 0.3) is 0 Å². The number of aryl methyl sites for hydroxylation is 2. The maximum atomic E-state index is 4.20. The van der Waals surface area contributed by atoms with E-state index in [1.807, 2.05) is 41.1 Å². The lowest BCUT2D eigenvalue weighted by atomic mass is 10.2. The zero-order chi connectivity index (χ0) is 12.8. The molecule has 0 spiro atoms. The van der Waals surface area contributed by atoms with Crippen molar-refractivity contribution >= 4 is 0 Å². The minimum absolute atomic E-state index is 0.505. The number of hydrogen-bond donors (Lipinski definition) is 1. The van der Waals surface area contributed by atoms with Gasteiger partial charge in [-0.3, -0.25) is 9.36 Å². The summed E-state index contributed by atoms with van der Waals surface area (Å²) >= 11 is 0. The van der Waals surface area contributed by atoms with E-state index in [2.05, 4.69) is 28.6 Å². The van der Waals surface area contributed by atoms with Crippen molar-refractivity contribution in [2.45, 2.75) is 32.4 Å². The van der Waals surface area contributed by atoms with E-state index < -0.39 is 0 Å². The largest absolute Gasteiger partial charge is 0.314 e. The first-order valence-electron chi connectivity index (χ1n) is 6.42. The van der Waals surface area contributed by atoms with Gasteiger partial charge in [-0.2, -0.15) is 10.2 Å². The molecule has 0 aliphatic heterocycles. The van der Waals surface area contributed by atoms with E-state index >= 15 is 0 Å². The van der Waals surface area contributed by atoms with Crippen LogP contribution in [0.4, 0.5) is 0 Å². The first-order chi connectivity index (χ1) is 8.74. The SMILES string of the molecule is C[C@H](CCn1cccn1)NCCc1cnn(C)c1. The van der Waals surface area contributed by atoms with Gasteiger partial charge in [0.1, 0.15) is 0 Å². The van der Waals surface area contributed by atoms with Gasteiger partial charge < -0.3 is 5.32 Å². The molecule has 1 atom stereocenters. The second-order valence-corrected chi connectivity index (χ2v) is 4.69. The van der Waals surface area contributed by atoms with Crippen molar-refractivity contribution in [1.82, 2.24) is 24.9 Å². The van der Waals surface area contributed by atoms with Gasteiger partial charge in [-0.15, -0.1) is 0 Å². The molecule has 5 heteroatoms. The fourth-order valence-electron chi connectivity index (χ4n) is 1.92. The molecule has 2 heterocycles. The van der Waals surface area contributed by atoms with Crippen molar-refractivity contribution in [2.24, 2.45) is 7.05 Å². The van der Waals surface area contributed by atoms with Crippen LogP contribution in [0.3, 0.4) is 0 Å². The van der Waals surface area contributed by atoms with Crippen molar-refractivity contribution < 1.29 is 0 Å². The summed E-state index contributed by atoms with van der Waals surface area (Å²) in [4.78, 5) is 0. The third-order valence-electron chi connectivity index (χ3n) is 3.02. The number of nitrogens with one attached hydrogen (secondary N) is 1. The van der Waals surface area contributed by atoms with E-state index in [1.165, 1.54) is 5.56 Å². The molecule has 2 rings (SSSR count). The summed E-state index contributed by atoms with van der Waals surface area (Å²) in [6, 6.07) is 2.46. The van der Waals surface area contributed by atoms with Gasteiger partial charge in [0.05, 0.1) is 6.20 Å². The Balaban J connectivity index is 1.61. The highest BCUT2D eigenvalue weighted by Crippen LogP contribution is 1.98. The van der Waals surface area contributed by atoms with E-state index in [0.29, 0.717) is 6.04 Å². The van der Waals surface area contributed by atoms with Gasteiger partial charge in [0, 0.05) is 38.2 Å². The first kappa shape index (κ1) is 12.8. The summed E-state index contributed by atoms with van der Waals surface area (Å²) in [5.41, 5.74) is 1.28. The quantitative estimate of drug-likeness (QED) is 0.800. The van der Waals surface area contributed by atoms with E-state index in [4.69, 9.17) is 0 Å². The highest BCUT2D eigenvalue weighted by atomic mass is 15.3. The maximum absolute atomic E-state index is 4.20. The molecule has 0 unspecified atom stereocenters. The highest BCUT2D eigenvalue weighted by Gasteiger charge is 2.02. The van der Waals surface area contributed by atoms with Gasteiger partial charge in [-0.1, -0.05) is 0 Å². The van der Waals surface area contributed by atoms with Crippen LogP contribution in [0.1, 0.15) is 18.9 Å². The molecule has 0 aliphatic rings. The summed E-state index contributed by atoms with van der Waals surface area (Å²) < 4.78 is 3.82. The van der Waals surface area contributed by atoms with Gasteiger partial charge in [-0.05, 0) is 37.9 Å². The molecule has 0 radical (unpaired) electrons. The predicted molar refractivity (Wildman–Crippen MR) is 71.2 cm³/mol. The number of rotatable bonds is 7. The normalized spacial score (nSPS) is 12.8. The Hall–Kier alpha value is -1.62. The molecule has 0 amide bonds. The molecule has 2 aromatic heterocycles. The summed E-state index contributed by atoms with van der Waals surface area (Å²) in [5, 5.41) is 11.9. The van der Waals surface area contributed by atoms with Crippen molar-refractivity contribution in [3.8, 4) is 0 Å². The predicted octanol–water partition coefficient (Wildman–Crippen LogP) is 1.23. The Morgan fingerprint density at radius 3 is 2.94 bits per heavy atom. The van der Waals surface area contributed by atoms with Crippen LogP contribution in [0.2, 0.25) is 0 Å². The summed E-state index contributed by atoms with van der Waals surface area (Å²) in [5.74, 6) is 0. The second-order valence-electron chi connectivity index (χ2n) is 4.69. The average Bonchev–Trinajstić information content (AvgIpc) is 2.98. The maximum Gasteiger partial charge on any atom is 0.0522 e. The van der Waals surface area contributed by atoms with Crippen molar-refractivity contribution in [3.05, 3.63) is 36.4 Å². The van der Waals surface area contributed by atoms with Crippen LogP contribution >= 0.6 is 0 Å². The van der Waals surface area contributed by atoms with Gasteiger partial charge in [0.15, 0.2) is 0 Å². The van der Waals surface area contributed by atoms with Crippen LogP contribution in [-0.4, -0.2) is 32.1 Å². The van der Waals surface area contributed by atoms with Crippen LogP contribution in [0.5, 0.6) is 0 Å². The molecule has 2 aromatic rings. The Labute approximate surface area is 108 Å². The number of hydrogen-bond acceptors (Lipinski definition) is 3. The van der Waals surface area contributed by atoms with Gasteiger partial charge in [-0.25, -0.2) is 0 Å². The zero-order valence-corrected chi connectivity index (χ0v) is 11.1. The van der Waals surface area contributed by atoms with Crippen LogP contribution in [0.15, 0.2) is 30.9 Å². The Kier molecular flexibility index (Phi) is 4.52. The topological polar surface area (TPSA) is 47.7 Å². The molecule has 18 heavy (non-hydrogen) atoms. The number of aromatic nitrogens is 4. The monoisotopic (exact) mass is 247 g/mol. The zero-order valence-electron chi connectivity index (χ0n) is 11.1. The van der Waals surface area contributed by atoms with Crippen molar-refractivity contribution in [1.29, 1.82) is 0 Å². The lowest BCUT2D eigenvalue weighted by molar-refractivity contribution is 0.461. The van der Waals surface area contributed by atoms with Crippen LogP contribution in [-0.2, 0) is 20.0 Å².